The molecule has 0 unspecified atom stereocenters. The second kappa shape index (κ2) is 7.08. The number of amides is 2. The standard InChI is InChI=1S/C14H16N2O4/c1-3-5-11(12(15)17)16-13(18)9-6-4-7-10(8-9)14(19)20-2/h3-4,6-8,11H,1,5H2,2H3,(H2,15,17)(H,16,18)/t11-/m1/s1. The van der Waals surface area contributed by atoms with Crippen LogP contribution >= 0.6 is 0 Å². The van der Waals surface area contributed by atoms with Gasteiger partial charge in [-0.05, 0) is 24.6 Å². The molecule has 0 aliphatic carbocycles. The Labute approximate surface area is 116 Å². The summed E-state index contributed by atoms with van der Waals surface area (Å²) in [6.07, 6.45) is 1.72. The largest absolute Gasteiger partial charge is 0.465 e. The molecule has 2 amide bonds. The van der Waals surface area contributed by atoms with Crippen molar-refractivity contribution in [2.45, 2.75) is 12.5 Å². The normalized spacial score (nSPS) is 11.2. The van der Waals surface area contributed by atoms with E-state index in [0.717, 1.165) is 0 Å². The summed E-state index contributed by atoms with van der Waals surface area (Å²) in [4.78, 5) is 34.5. The van der Waals surface area contributed by atoms with Gasteiger partial charge >= 0.3 is 5.97 Å². The monoisotopic (exact) mass is 276 g/mol. The van der Waals surface area contributed by atoms with Crippen LogP contribution in [0.5, 0.6) is 0 Å². The summed E-state index contributed by atoms with van der Waals surface area (Å²) >= 11 is 0. The molecule has 106 valence electrons. The van der Waals surface area contributed by atoms with Gasteiger partial charge in [-0.3, -0.25) is 9.59 Å². The van der Waals surface area contributed by atoms with E-state index in [4.69, 9.17) is 5.73 Å². The molecule has 0 aliphatic heterocycles. The van der Waals surface area contributed by atoms with Crippen LogP contribution in [0.3, 0.4) is 0 Å². The number of carbonyl (C=O) groups is 3. The third-order valence-corrected chi connectivity index (χ3v) is 2.60. The van der Waals surface area contributed by atoms with Crippen LogP contribution in [0.1, 0.15) is 27.1 Å². The number of methoxy groups -OCH3 is 1. The van der Waals surface area contributed by atoms with E-state index in [1.165, 1.54) is 31.4 Å². The van der Waals surface area contributed by atoms with Gasteiger partial charge in [0.1, 0.15) is 6.04 Å². The molecule has 1 atom stereocenters. The maximum Gasteiger partial charge on any atom is 0.337 e. The van der Waals surface area contributed by atoms with E-state index in [1.807, 2.05) is 0 Å². The van der Waals surface area contributed by atoms with Gasteiger partial charge in [-0.2, -0.15) is 0 Å². The summed E-state index contributed by atoms with van der Waals surface area (Å²) < 4.78 is 4.57. The van der Waals surface area contributed by atoms with Gasteiger partial charge in [-0.25, -0.2) is 4.79 Å². The second-order valence-electron chi connectivity index (χ2n) is 4.03. The number of rotatable bonds is 6. The first-order chi connectivity index (χ1) is 9.49. The van der Waals surface area contributed by atoms with E-state index >= 15 is 0 Å². The summed E-state index contributed by atoms with van der Waals surface area (Å²) in [6, 6.07) is 5.15. The highest BCUT2D eigenvalue weighted by Crippen LogP contribution is 2.07. The zero-order valence-corrected chi connectivity index (χ0v) is 11.1. The van der Waals surface area contributed by atoms with Crippen LogP contribution in [-0.2, 0) is 9.53 Å². The van der Waals surface area contributed by atoms with Crippen LogP contribution in [0.2, 0.25) is 0 Å². The molecule has 0 radical (unpaired) electrons. The van der Waals surface area contributed by atoms with Crippen LogP contribution in [0.25, 0.3) is 0 Å². The summed E-state index contributed by atoms with van der Waals surface area (Å²) in [7, 11) is 1.25. The van der Waals surface area contributed by atoms with E-state index in [2.05, 4.69) is 16.6 Å². The zero-order valence-electron chi connectivity index (χ0n) is 11.1. The van der Waals surface area contributed by atoms with Gasteiger partial charge in [-0.1, -0.05) is 12.1 Å². The summed E-state index contributed by atoms with van der Waals surface area (Å²) in [5.74, 6) is -1.69. The van der Waals surface area contributed by atoms with Crippen LogP contribution in [0.15, 0.2) is 36.9 Å². The highest BCUT2D eigenvalue weighted by Gasteiger charge is 2.18. The molecular weight excluding hydrogens is 260 g/mol. The number of nitrogens with two attached hydrogens (primary N) is 1. The van der Waals surface area contributed by atoms with Crippen molar-refractivity contribution in [1.82, 2.24) is 5.32 Å². The molecule has 3 N–H and O–H groups in total. The molecule has 0 heterocycles. The minimum Gasteiger partial charge on any atom is -0.465 e. The zero-order chi connectivity index (χ0) is 15.1. The molecule has 0 saturated heterocycles. The van der Waals surface area contributed by atoms with Crippen molar-refractivity contribution >= 4 is 17.8 Å². The van der Waals surface area contributed by atoms with E-state index in [0.29, 0.717) is 0 Å². The first kappa shape index (κ1) is 15.4. The number of esters is 1. The van der Waals surface area contributed by atoms with Crippen molar-refractivity contribution in [3.05, 3.63) is 48.0 Å². The molecule has 6 heteroatoms. The minimum atomic E-state index is -0.832. The molecule has 0 saturated carbocycles. The number of hydrogen-bond donors (Lipinski definition) is 2. The Morgan fingerprint density at radius 1 is 1.40 bits per heavy atom. The molecule has 6 nitrogen and oxygen atoms in total. The Kier molecular flexibility index (Phi) is 5.46. The number of benzene rings is 1. The van der Waals surface area contributed by atoms with E-state index in [1.54, 1.807) is 6.07 Å². The van der Waals surface area contributed by atoms with Crippen molar-refractivity contribution in [3.63, 3.8) is 0 Å². The lowest BCUT2D eigenvalue weighted by atomic mass is 10.1. The highest BCUT2D eigenvalue weighted by atomic mass is 16.5. The number of hydrogen-bond acceptors (Lipinski definition) is 4. The van der Waals surface area contributed by atoms with Gasteiger partial charge < -0.3 is 15.8 Å². The molecule has 0 aromatic heterocycles. The lowest BCUT2D eigenvalue weighted by Crippen LogP contribution is -2.44. The van der Waals surface area contributed by atoms with Crippen LogP contribution in [-0.4, -0.2) is 30.9 Å². The Bertz CT molecular complexity index is 540. The molecule has 20 heavy (non-hydrogen) atoms. The lowest BCUT2D eigenvalue weighted by molar-refractivity contribution is -0.119. The average Bonchev–Trinajstić information content (AvgIpc) is 2.45. The number of nitrogens with one attached hydrogen (secondary N) is 1. The summed E-state index contributed by atoms with van der Waals surface area (Å²) in [5, 5.41) is 2.48. The van der Waals surface area contributed by atoms with Gasteiger partial charge in [0.2, 0.25) is 5.91 Å². The Morgan fingerprint density at radius 2 is 2.05 bits per heavy atom. The van der Waals surface area contributed by atoms with Crippen molar-refractivity contribution in [1.29, 1.82) is 0 Å². The third-order valence-electron chi connectivity index (χ3n) is 2.60. The molecule has 0 fully saturated rings. The maximum absolute atomic E-state index is 12.0. The molecular formula is C14H16N2O4. The smallest absolute Gasteiger partial charge is 0.337 e. The van der Waals surface area contributed by atoms with Crippen LogP contribution in [0, 0.1) is 0 Å². The highest BCUT2D eigenvalue weighted by molar-refractivity contribution is 5.99. The van der Waals surface area contributed by atoms with E-state index < -0.39 is 23.8 Å². The van der Waals surface area contributed by atoms with Gasteiger partial charge in [0.05, 0.1) is 12.7 Å². The molecule has 0 bridgehead atoms. The maximum atomic E-state index is 12.0. The third kappa shape index (κ3) is 3.94. The fourth-order valence-corrected chi connectivity index (χ4v) is 1.56. The van der Waals surface area contributed by atoms with E-state index in [-0.39, 0.29) is 17.5 Å². The summed E-state index contributed by atoms with van der Waals surface area (Å²) in [6.45, 7) is 3.49. The SMILES string of the molecule is C=CC[C@@H](NC(=O)c1cccc(C(=O)OC)c1)C(N)=O. The Hall–Kier alpha value is -2.63. The average molecular weight is 276 g/mol. The Balaban J connectivity index is 2.89. The number of ether oxygens (including phenoxy) is 1. The van der Waals surface area contributed by atoms with E-state index in [9.17, 15) is 14.4 Å². The molecule has 1 aromatic carbocycles. The molecule has 1 rings (SSSR count). The van der Waals surface area contributed by atoms with Gasteiger partial charge in [0.15, 0.2) is 0 Å². The lowest BCUT2D eigenvalue weighted by Gasteiger charge is -2.13. The van der Waals surface area contributed by atoms with Crippen molar-refractivity contribution < 1.29 is 19.1 Å². The molecule has 0 aliphatic rings. The molecule has 1 aromatic rings. The predicted octanol–water partition coefficient (Wildman–Crippen LogP) is 0.633. The number of primary amides is 1. The van der Waals surface area contributed by atoms with Crippen molar-refractivity contribution in [2.24, 2.45) is 5.73 Å². The Morgan fingerprint density at radius 3 is 2.60 bits per heavy atom. The van der Waals surface area contributed by atoms with Crippen molar-refractivity contribution in [2.75, 3.05) is 7.11 Å². The fourth-order valence-electron chi connectivity index (χ4n) is 1.56. The van der Waals surface area contributed by atoms with Crippen molar-refractivity contribution in [3.8, 4) is 0 Å². The first-order valence-electron chi connectivity index (χ1n) is 5.89. The minimum absolute atomic E-state index is 0.234. The summed E-state index contributed by atoms with van der Waals surface area (Å²) in [5.41, 5.74) is 5.66. The van der Waals surface area contributed by atoms with Gasteiger partial charge in [0.25, 0.3) is 5.91 Å². The molecule has 0 spiro atoms. The van der Waals surface area contributed by atoms with Crippen LogP contribution in [0.4, 0.5) is 0 Å². The quantitative estimate of drug-likeness (QED) is 0.588. The topological polar surface area (TPSA) is 98.5 Å². The fraction of sp³-hybridized carbons (Fsp3) is 0.214. The van der Waals surface area contributed by atoms with Crippen LogP contribution < -0.4 is 11.1 Å². The van der Waals surface area contributed by atoms with Gasteiger partial charge in [-0.15, -0.1) is 6.58 Å². The predicted molar refractivity (Wildman–Crippen MR) is 73.0 cm³/mol. The second-order valence-corrected chi connectivity index (χ2v) is 4.03. The first-order valence-corrected chi connectivity index (χ1v) is 5.89. The number of carbonyl (C=O) groups excluding carboxylic acids is 3. The van der Waals surface area contributed by atoms with Gasteiger partial charge in [0, 0.05) is 5.56 Å².